The van der Waals surface area contributed by atoms with E-state index >= 15 is 0 Å². The summed E-state index contributed by atoms with van der Waals surface area (Å²) in [5.41, 5.74) is 1.26. The van der Waals surface area contributed by atoms with Crippen molar-refractivity contribution >= 4 is 34.4 Å². The fraction of sp³-hybridized carbons (Fsp3) is 0.316. The zero-order chi connectivity index (χ0) is 21.0. The van der Waals surface area contributed by atoms with Crippen LogP contribution in [0.1, 0.15) is 24.3 Å². The molecule has 2 N–H and O–H groups in total. The molecular formula is C19H22N6O4. The van der Waals surface area contributed by atoms with Crippen molar-refractivity contribution in [3.05, 3.63) is 42.4 Å². The number of carboxylic acids is 1. The number of hydrogen-bond donors (Lipinski definition) is 2. The van der Waals surface area contributed by atoms with Crippen molar-refractivity contribution in [2.45, 2.75) is 26.9 Å². The Bertz CT molecular complexity index is 1050. The van der Waals surface area contributed by atoms with Gasteiger partial charge in [-0.25, -0.2) is 9.48 Å². The van der Waals surface area contributed by atoms with E-state index in [2.05, 4.69) is 15.6 Å². The van der Waals surface area contributed by atoms with Crippen LogP contribution in [-0.4, -0.2) is 60.4 Å². The predicted molar refractivity (Wildman–Crippen MR) is 105 cm³/mol. The molecule has 0 aliphatic rings. The van der Waals surface area contributed by atoms with Crippen LogP contribution in [0, 0.1) is 0 Å². The second-order valence-corrected chi connectivity index (χ2v) is 6.44. The molecule has 0 unspecified atom stereocenters. The Balaban J connectivity index is 1.67. The van der Waals surface area contributed by atoms with Gasteiger partial charge in [0, 0.05) is 35.9 Å². The van der Waals surface area contributed by atoms with Gasteiger partial charge in [-0.3, -0.25) is 9.59 Å². The predicted octanol–water partition coefficient (Wildman–Crippen LogP) is 1.44. The van der Waals surface area contributed by atoms with E-state index in [9.17, 15) is 14.4 Å². The Morgan fingerprint density at radius 1 is 1.14 bits per heavy atom. The van der Waals surface area contributed by atoms with Crippen molar-refractivity contribution in [2.75, 3.05) is 18.4 Å². The molecule has 0 aliphatic carbocycles. The lowest BCUT2D eigenvalue weighted by Gasteiger charge is -2.19. The number of nitrogens with one attached hydrogen (secondary N) is 1. The number of benzene rings is 1. The number of carbonyl (C=O) groups excluding carboxylic acids is 2. The van der Waals surface area contributed by atoms with Crippen molar-refractivity contribution in [2.24, 2.45) is 0 Å². The van der Waals surface area contributed by atoms with Gasteiger partial charge in [0.05, 0.1) is 6.20 Å². The third-order valence-corrected chi connectivity index (χ3v) is 4.54. The summed E-state index contributed by atoms with van der Waals surface area (Å²) in [7, 11) is 0. The van der Waals surface area contributed by atoms with Crippen molar-refractivity contribution in [3.8, 4) is 0 Å². The molecule has 10 nitrogen and oxygen atoms in total. The van der Waals surface area contributed by atoms with E-state index < -0.39 is 5.97 Å². The molecule has 0 fully saturated rings. The lowest BCUT2D eigenvalue weighted by atomic mass is 10.2. The highest BCUT2D eigenvalue weighted by Crippen LogP contribution is 2.21. The van der Waals surface area contributed by atoms with Crippen LogP contribution in [0.3, 0.4) is 0 Å². The van der Waals surface area contributed by atoms with Crippen LogP contribution >= 0.6 is 0 Å². The van der Waals surface area contributed by atoms with Crippen LogP contribution in [0.25, 0.3) is 10.9 Å². The normalized spacial score (nSPS) is 10.8. The van der Waals surface area contributed by atoms with Crippen LogP contribution in [0.4, 0.5) is 5.69 Å². The Hall–Kier alpha value is -3.69. The average Bonchev–Trinajstić information content (AvgIpc) is 3.30. The van der Waals surface area contributed by atoms with Gasteiger partial charge in [-0.05, 0) is 38.1 Å². The summed E-state index contributed by atoms with van der Waals surface area (Å²) in [6.07, 6.45) is 3.04. The number of rotatable bonds is 8. The molecule has 0 radical (unpaired) electrons. The van der Waals surface area contributed by atoms with E-state index in [1.165, 1.54) is 6.20 Å². The summed E-state index contributed by atoms with van der Waals surface area (Å²) < 4.78 is 3.04. The second kappa shape index (κ2) is 8.55. The summed E-state index contributed by atoms with van der Waals surface area (Å²) in [5.74, 6) is -1.51. The molecule has 0 saturated heterocycles. The monoisotopic (exact) mass is 398 g/mol. The molecule has 0 aliphatic heterocycles. The first-order chi connectivity index (χ1) is 13.9. The SMILES string of the molecule is CCN(CC)C(=O)Cn1ccc2cc(NC(=O)Cn3cc(C(=O)O)nn3)ccc21. The molecule has 0 bridgehead atoms. The quantitative estimate of drug-likeness (QED) is 0.592. The van der Waals surface area contributed by atoms with Gasteiger partial charge >= 0.3 is 5.97 Å². The number of aromatic carboxylic acids is 1. The lowest BCUT2D eigenvalue weighted by molar-refractivity contribution is -0.131. The van der Waals surface area contributed by atoms with E-state index in [1.807, 2.05) is 42.8 Å². The van der Waals surface area contributed by atoms with Crippen molar-refractivity contribution < 1.29 is 19.5 Å². The van der Waals surface area contributed by atoms with Gasteiger partial charge < -0.3 is 19.9 Å². The number of aromatic nitrogens is 4. The zero-order valence-electron chi connectivity index (χ0n) is 16.2. The van der Waals surface area contributed by atoms with Crippen molar-refractivity contribution in [3.63, 3.8) is 0 Å². The number of anilines is 1. The molecule has 152 valence electrons. The molecule has 1 aromatic carbocycles. The third kappa shape index (κ3) is 4.60. The van der Waals surface area contributed by atoms with Crippen LogP contribution < -0.4 is 5.32 Å². The minimum Gasteiger partial charge on any atom is -0.476 e. The average molecular weight is 398 g/mol. The topological polar surface area (TPSA) is 122 Å². The molecule has 0 spiro atoms. The van der Waals surface area contributed by atoms with Crippen LogP contribution in [0.5, 0.6) is 0 Å². The Kier molecular flexibility index (Phi) is 5.91. The van der Waals surface area contributed by atoms with E-state index in [-0.39, 0.29) is 30.6 Å². The largest absolute Gasteiger partial charge is 0.476 e. The Morgan fingerprint density at radius 2 is 1.90 bits per heavy atom. The minimum atomic E-state index is -1.20. The number of hydrogen-bond acceptors (Lipinski definition) is 5. The van der Waals surface area contributed by atoms with Gasteiger partial charge in [0.25, 0.3) is 0 Å². The molecule has 10 heteroatoms. The lowest BCUT2D eigenvalue weighted by Crippen LogP contribution is -2.33. The van der Waals surface area contributed by atoms with E-state index in [1.54, 1.807) is 11.0 Å². The zero-order valence-corrected chi connectivity index (χ0v) is 16.2. The number of nitrogens with zero attached hydrogens (tertiary/aromatic N) is 5. The molecule has 0 saturated carbocycles. The Labute approximate surface area is 166 Å². The van der Waals surface area contributed by atoms with Gasteiger partial charge in [0.1, 0.15) is 13.1 Å². The van der Waals surface area contributed by atoms with Gasteiger partial charge in [-0.15, -0.1) is 5.10 Å². The van der Waals surface area contributed by atoms with Crippen molar-refractivity contribution in [1.82, 2.24) is 24.5 Å². The molecule has 2 aromatic heterocycles. The fourth-order valence-electron chi connectivity index (χ4n) is 3.06. The maximum Gasteiger partial charge on any atom is 0.358 e. The summed E-state index contributed by atoms with van der Waals surface area (Å²) >= 11 is 0. The molecule has 3 rings (SSSR count). The first kappa shape index (κ1) is 20.1. The van der Waals surface area contributed by atoms with Gasteiger partial charge in [0.2, 0.25) is 11.8 Å². The summed E-state index contributed by atoms with van der Waals surface area (Å²) in [4.78, 5) is 37.1. The third-order valence-electron chi connectivity index (χ3n) is 4.54. The first-order valence-electron chi connectivity index (χ1n) is 9.21. The number of likely N-dealkylation sites (N-methyl/N-ethyl adjacent to an activating group) is 1. The van der Waals surface area contributed by atoms with E-state index in [4.69, 9.17) is 5.11 Å². The smallest absolute Gasteiger partial charge is 0.358 e. The summed E-state index contributed by atoms with van der Waals surface area (Å²) in [5, 5.41) is 19.6. The standard InChI is InChI=1S/C19H22N6O4/c1-3-23(4-2)18(27)12-24-8-7-13-9-14(5-6-16(13)24)20-17(26)11-25-10-15(19(28)29)21-22-25/h5-10H,3-4,11-12H2,1-2H3,(H,20,26)(H,28,29). The molecule has 2 heterocycles. The highest BCUT2D eigenvalue weighted by Gasteiger charge is 2.13. The van der Waals surface area contributed by atoms with Gasteiger partial charge in [-0.1, -0.05) is 5.21 Å². The number of amides is 2. The maximum absolute atomic E-state index is 12.3. The molecule has 3 aromatic rings. The molecular weight excluding hydrogens is 376 g/mol. The highest BCUT2D eigenvalue weighted by molar-refractivity contribution is 5.94. The number of carbonyl (C=O) groups is 3. The second-order valence-electron chi connectivity index (χ2n) is 6.44. The van der Waals surface area contributed by atoms with Gasteiger partial charge in [0.15, 0.2) is 5.69 Å². The highest BCUT2D eigenvalue weighted by atomic mass is 16.4. The first-order valence-corrected chi connectivity index (χ1v) is 9.21. The molecule has 2 amide bonds. The number of fused-ring (bicyclic) bond motifs is 1. The summed E-state index contributed by atoms with van der Waals surface area (Å²) in [6.45, 7) is 5.35. The van der Waals surface area contributed by atoms with E-state index in [0.717, 1.165) is 15.6 Å². The van der Waals surface area contributed by atoms with E-state index in [0.29, 0.717) is 18.8 Å². The van der Waals surface area contributed by atoms with Crippen molar-refractivity contribution in [1.29, 1.82) is 0 Å². The van der Waals surface area contributed by atoms with Crippen LogP contribution in [0.15, 0.2) is 36.7 Å². The van der Waals surface area contributed by atoms with Crippen LogP contribution in [0.2, 0.25) is 0 Å². The number of carboxylic acid groups (broad SMARTS) is 1. The van der Waals surface area contributed by atoms with Gasteiger partial charge in [-0.2, -0.15) is 0 Å². The Morgan fingerprint density at radius 3 is 2.55 bits per heavy atom. The minimum absolute atomic E-state index is 0.0541. The molecule has 29 heavy (non-hydrogen) atoms. The summed E-state index contributed by atoms with van der Waals surface area (Å²) in [6, 6.07) is 7.30. The van der Waals surface area contributed by atoms with Crippen LogP contribution in [-0.2, 0) is 22.7 Å². The fourth-order valence-corrected chi connectivity index (χ4v) is 3.06. The maximum atomic E-state index is 12.3. The molecule has 0 atom stereocenters.